The van der Waals surface area contributed by atoms with Crippen molar-refractivity contribution in [2.45, 2.75) is 12.5 Å². The first-order valence-electron chi connectivity index (χ1n) is 5.42. The minimum Gasteiger partial charge on any atom is -0.480 e. The average molecular weight is 261 g/mol. The molecule has 8 heteroatoms. The quantitative estimate of drug-likeness (QED) is 0.675. The van der Waals surface area contributed by atoms with Crippen molar-refractivity contribution in [1.82, 2.24) is 25.3 Å². The van der Waals surface area contributed by atoms with Gasteiger partial charge in [0.25, 0.3) is 5.91 Å². The molecule has 0 aromatic carbocycles. The Morgan fingerprint density at radius 3 is 2.58 bits per heavy atom. The van der Waals surface area contributed by atoms with Crippen LogP contribution in [-0.4, -0.2) is 43.0 Å². The predicted octanol–water partition coefficient (Wildman–Crippen LogP) is -0.375. The summed E-state index contributed by atoms with van der Waals surface area (Å²) in [5.74, 6) is -1.66. The lowest BCUT2D eigenvalue weighted by atomic mass is 10.1. The molecule has 0 spiro atoms. The molecule has 8 nitrogen and oxygen atoms in total. The van der Waals surface area contributed by atoms with Crippen LogP contribution >= 0.6 is 0 Å². The third-order valence-electron chi connectivity index (χ3n) is 2.41. The number of nitrogens with one attached hydrogen (secondary N) is 2. The van der Waals surface area contributed by atoms with E-state index in [1.54, 1.807) is 0 Å². The molecular formula is C11H11N5O3. The van der Waals surface area contributed by atoms with Gasteiger partial charge in [0.2, 0.25) is 0 Å². The standard InChI is InChI=1S/C11H11N5O3/c17-10(7-2-12-5-13-3-7)16-9(11(18)19)1-8-4-14-6-15-8/h2-6,9H,1H2,(H,14,15)(H,16,17)(H,18,19). The molecule has 0 aliphatic heterocycles. The Hall–Kier alpha value is -2.77. The van der Waals surface area contributed by atoms with Gasteiger partial charge in [-0.25, -0.2) is 19.7 Å². The van der Waals surface area contributed by atoms with Crippen LogP contribution < -0.4 is 5.32 Å². The van der Waals surface area contributed by atoms with E-state index in [1.807, 2.05) is 0 Å². The van der Waals surface area contributed by atoms with Crippen molar-refractivity contribution in [3.63, 3.8) is 0 Å². The van der Waals surface area contributed by atoms with Crippen molar-refractivity contribution >= 4 is 11.9 Å². The molecule has 0 aliphatic carbocycles. The number of aromatic amines is 1. The lowest BCUT2D eigenvalue weighted by Crippen LogP contribution is -2.42. The topological polar surface area (TPSA) is 121 Å². The van der Waals surface area contributed by atoms with Gasteiger partial charge in [0.15, 0.2) is 0 Å². The van der Waals surface area contributed by atoms with Crippen LogP contribution in [-0.2, 0) is 11.2 Å². The second-order valence-electron chi connectivity index (χ2n) is 3.77. The van der Waals surface area contributed by atoms with Crippen LogP contribution in [0.3, 0.4) is 0 Å². The first-order valence-corrected chi connectivity index (χ1v) is 5.42. The van der Waals surface area contributed by atoms with Crippen LogP contribution in [0.25, 0.3) is 0 Å². The molecule has 2 rings (SSSR count). The fourth-order valence-corrected chi connectivity index (χ4v) is 1.47. The molecule has 0 bridgehead atoms. The maximum Gasteiger partial charge on any atom is 0.326 e. The van der Waals surface area contributed by atoms with Crippen LogP contribution in [0.1, 0.15) is 16.1 Å². The van der Waals surface area contributed by atoms with Crippen molar-refractivity contribution in [3.05, 3.63) is 42.5 Å². The van der Waals surface area contributed by atoms with Crippen molar-refractivity contribution in [1.29, 1.82) is 0 Å². The molecule has 2 heterocycles. The van der Waals surface area contributed by atoms with Crippen LogP contribution in [0.2, 0.25) is 0 Å². The number of carbonyl (C=O) groups excluding carboxylic acids is 1. The number of imidazole rings is 1. The summed E-state index contributed by atoms with van der Waals surface area (Å²) in [6.07, 6.45) is 6.99. The molecule has 2 aromatic rings. The van der Waals surface area contributed by atoms with Gasteiger partial charge < -0.3 is 15.4 Å². The summed E-state index contributed by atoms with van der Waals surface area (Å²) >= 11 is 0. The fraction of sp³-hybridized carbons (Fsp3) is 0.182. The molecule has 98 valence electrons. The van der Waals surface area contributed by atoms with E-state index in [0.29, 0.717) is 5.69 Å². The molecule has 19 heavy (non-hydrogen) atoms. The molecular weight excluding hydrogens is 250 g/mol. The lowest BCUT2D eigenvalue weighted by Gasteiger charge is -2.13. The number of nitrogens with zero attached hydrogens (tertiary/aromatic N) is 3. The van der Waals surface area contributed by atoms with E-state index in [1.165, 1.54) is 31.2 Å². The number of hydrogen-bond acceptors (Lipinski definition) is 5. The largest absolute Gasteiger partial charge is 0.480 e. The summed E-state index contributed by atoms with van der Waals surface area (Å²) in [4.78, 5) is 36.9. The van der Waals surface area contributed by atoms with Crippen molar-refractivity contribution in [2.75, 3.05) is 0 Å². The first kappa shape index (κ1) is 12.7. The zero-order chi connectivity index (χ0) is 13.7. The summed E-state index contributed by atoms with van der Waals surface area (Å²) in [6.45, 7) is 0. The van der Waals surface area contributed by atoms with Crippen LogP contribution in [0.4, 0.5) is 0 Å². The van der Waals surface area contributed by atoms with E-state index < -0.39 is 17.9 Å². The zero-order valence-corrected chi connectivity index (χ0v) is 9.78. The molecule has 0 saturated heterocycles. The van der Waals surface area contributed by atoms with Crippen molar-refractivity contribution < 1.29 is 14.7 Å². The van der Waals surface area contributed by atoms with Gasteiger partial charge in [-0.3, -0.25) is 4.79 Å². The highest BCUT2D eigenvalue weighted by Crippen LogP contribution is 2.01. The minimum atomic E-state index is -1.13. The molecule has 3 N–H and O–H groups in total. The van der Waals surface area contributed by atoms with Gasteiger partial charge in [-0.15, -0.1) is 0 Å². The van der Waals surface area contributed by atoms with E-state index in [-0.39, 0.29) is 12.0 Å². The van der Waals surface area contributed by atoms with Gasteiger partial charge >= 0.3 is 5.97 Å². The summed E-state index contributed by atoms with van der Waals surface area (Å²) in [5.41, 5.74) is 0.829. The Kier molecular flexibility index (Phi) is 3.81. The first-order chi connectivity index (χ1) is 9.16. The number of hydrogen-bond donors (Lipinski definition) is 3. The number of carboxylic acid groups (broad SMARTS) is 1. The number of aromatic nitrogens is 4. The number of H-pyrrole nitrogens is 1. The summed E-state index contributed by atoms with van der Waals surface area (Å²) in [6, 6.07) is -1.05. The SMILES string of the molecule is O=C(NC(Cc1cnc[nH]1)C(=O)O)c1cncnc1. The summed E-state index contributed by atoms with van der Waals surface area (Å²) in [5, 5.41) is 11.5. The predicted molar refractivity (Wildman–Crippen MR) is 63.2 cm³/mol. The Bertz CT molecular complexity index is 555. The molecule has 1 atom stereocenters. The van der Waals surface area contributed by atoms with E-state index in [2.05, 4.69) is 25.3 Å². The van der Waals surface area contributed by atoms with E-state index in [9.17, 15) is 9.59 Å². The molecule has 0 aliphatic rings. The van der Waals surface area contributed by atoms with Gasteiger partial charge in [-0.1, -0.05) is 0 Å². The summed E-state index contributed by atoms with van der Waals surface area (Å²) < 4.78 is 0. The average Bonchev–Trinajstić information content (AvgIpc) is 2.91. The van der Waals surface area contributed by atoms with E-state index >= 15 is 0 Å². The van der Waals surface area contributed by atoms with Crippen LogP contribution in [0.15, 0.2) is 31.2 Å². The second kappa shape index (κ2) is 5.71. The van der Waals surface area contributed by atoms with E-state index in [0.717, 1.165) is 0 Å². The smallest absolute Gasteiger partial charge is 0.326 e. The van der Waals surface area contributed by atoms with Crippen molar-refractivity contribution in [2.24, 2.45) is 0 Å². The fourth-order valence-electron chi connectivity index (χ4n) is 1.47. The minimum absolute atomic E-state index is 0.120. The number of rotatable bonds is 5. The normalized spacial score (nSPS) is 11.8. The molecule has 2 aromatic heterocycles. The highest BCUT2D eigenvalue weighted by molar-refractivity contribution is 5.96. The second-order valence-corrected chi connectivity index (χ2v) is 3.77. The number of carboxylic acids is 1. The Labute approximate surface area is 107 Å². The Morgan fingerprint density at radius 2 is 2.00 bits per heavy atom. The van der Waals surface area contributed by atoms with Gasteiger partial charge in [-0.2, -0.15) is 0 Å². The number of carbonyl (C=O) groups is 2. The van der Waals surface area contributed by atoms with Gasteiger partial charge in [0, 0.05) is 30.7 Å². The van der Waals surface area contributed by atoms with Gasteiger partial charge in [-0.05, 0) is 0 Å². The number of aliphatic carboxylic acids is 1. The maximum absolute atomic E-state index is 11.8. The molecule has 1 unspecified atom stereocenters. The van der Waals surface area contributed by atoms with Crippen LogP contribution in [0, 0.1) is 0 Å². The molecule has 1 amide bonds. The third-order valence-corrected chi connectivity index (χ3v) is 2.41. The lowest BCUT2D eigenvalue weighted by molar-refractivity contribution is -0.139. The highest BCUT2D eigenvalue weighted by Gasteiger charge is 2.21. The monoisotopic (exact) mass is 261 g/mol. The molecule has 0 radical (unpaired) electrons. The summed E-state index contributed by atoms with van der Waals surface area (Å²) in [7, 11) is 0. The van der Waals surface area contributed by atoms with Gasteiger partial charge in [0.05, 0.1) is 11.9 Å². The van der Waals surface area contributed by atoms with Gasteiger partial charge in [0.1, 0.15) is 12.4 Å². The van der Waals surface area contributed by atoms with Crippen molar-refractivity contribution in [3.8, 4) is 0 Å². The van der Waals surface area contributed by atoms with Crippen LogP contribution in [0.5, 0.6) is 0 Å². The highest BCUT2D eigenvalue weighted by atomic mass is 16.4. The Balaban J connectivity index is 2.05. The molecule has 0 saturated carbocycles. The molecule has 0 fully saturated rings. The van der Waals surface area contributed by atoms with E-state index in [4.69, 9.17) is 5.11 Å². The third kappa shape index (κ3) is 3.35. The Morgan fingerprint density at radius 1 is 1.26 bits per heavy atom. The number of amides is 1. The zero-order valence-electron chi connectivity index (χ0n) is 9.78. The maximum atomic E-state index is 11.8.